The molecule has 8 heteroatoms. The first-order chi connectivity index (χ1) is 14.3. The highest BCUT2D eigenvalue weighted by molar-refractivity contribution is 7.88. The van der Waals surface area contributed by atoms with Crippen LogP contribution in [-0.2, 0) is 20.6 Å². The van der Waals surface area contributed by atoms with E-state index in [2.05, 4.69) is 5.32 Å². The van der Waals surface area contributed by atoms with Gasteiger partial charge in [-0.25, -0.2) is 12.7 Å². The average molecular weight is 469 g/mol. The number of carbonyl (C=O) groups is 1. The molecule has 0 bridgehead atoms. The Balaban J connectivity index is 1.67. The predicted molar refractivity (Wildman–Crippen MR) is 121 cm³/mol. The molecule has 1 fully saturated rings. The number of benzene rings is 2. The first kappa shape index (κ1) is 23.1. The van der Waals surface area contributed by atoms with Crippen LogP contribution in [0.5, 0.6) is 0 Å². The van der Waals surface area contributed by atoms with Gasteiger partial charge in [-0.1, -0.05) is 66.5 Å². The average Bonchev–Trinajstić information content (AvgIpc) is 2.74. The van der Waals surface area contributed by atoms with Crippen molar-refractivity contribution < 1.29 is 13.2 Å². The maximum Gasteiger partial charge on any atom is 0.224 e. The van der Waals surface area contributed by atoms with Crippen molar-refractivity contribution in [3.63, 3.8) is 0 Å². The number of carbonyl (C=O) groups excluding carboxylic acids is 1. The molecule has 0 spiro atoms. The standard InChI is InChI=1S/C22H26Cl2N2O3S/c1-2-21(16-7-4-3-5-8-16)25-22(27)17-9-6-12-26(14-17)30(28,29)15-18-10-11-19(23)13-20(18)24/h3-5,7-8,10-11,13,17,21H,2,6,9,12,14-15H2,1H3,(H,25,27). The Hall–Kier alpha value is -1.60. The fourth-order valence-electron chi connectivity index (χ4n) is 3.73. The summed E-state index contributed by atoms with van der Waals surface area (Å²) in [5, 5.41) is 3.88. The molecule has 1 N–H and O–H groups in total. The number of piperidine rings is 1. The zero-order valence-corrected chi connectivity index (χ0v) is 19.2. The van der Waals surface area contributed by atoms with E-state index < -0.39 is 10.0 Å². The van der Waals surface area contributed by atoms with Crippen LogP contribution < -0.4 is 5.32 Å². The number of hydrogen-bond acceptors (Lipinski definition) is 3. The number of hydrogen-bond donors (Lipinski definition) is 1. The van der Waals surface area contributed by atoms with E-state index in [0.717, 1.165) is 12.0 Å². The minimum absolute atomic E-state index is 0.0847. The minimum atomic E-state index is -3.60. The number of nitrogens with zero attached hydrogens (tertiary/aromatic N) is 1. The lowest BCUT2D eigenvalue weighted by molar-refractivity contribution is -0.126. The van der Waals surface area contributed by atoms with Crippen molar-refractivity contribution in [2.75, 3.05) is 13.1 Å². The molecule has 1 amide bonds. The van der Waals surface area contributed by atoms with Gasteiger partial charge in [0.2, 0.25) is 15.9 Å². The summed E-state index contributed by atoms with van der Waals surface area (Å²) in [5.74, 6) is -0.680. The van der Waals surface area contributed by atoms with Crippen molar-refractivity contribution in [1.29, 1.82) is 0 Å². The van der Waals surface area contributed by atoms with Crippen LogP contribution in [-0.4, -0.2) is 31.7 Å². The molecule has 1 aliphatic heterocycles. The molecule has 1 saturated heterocycles. The molecule has 0 aliphatic carbocycles. The minimum Gasteiger partial charge on any atom is -0.349 e. The van der Waals surface area contributed by atoms with Gasteiger partial charge in [-0.15, -0.1) is 0 Å². The summed E-state index contributed by atoms with van der Waals surface area (Å²) in [6.07, 6.45) is 2.08. The monoisotopic (exact) mass is 468 g/mol. The molecule has 2 aromatic rings. The van der Waals surface area contributed by atoms with Crippen LogP contribution in [0, 0.1) is 5.92 Å². The Morgan fingerprint density at radius 3 is 2.60 bits per heavy atom. The fourth-order valence-corrected chi connectivity index (χ4v) is 5.93. The highest BCUT2D eigenvalue weighted by Crippen LogP contribution is 2.27. The lowest BCUT2D eigenvalue weighted by atomic mass is 9.97. The first-order valence-corrected chi connectivity index (χ1v) is 12.4. The second-order valence-corrected chi connectivity index (χ2v) is 10.4. The van der Waals surface area contributed by atoms with Crippen LogP contribution in [0.3, 0.4) is 0 Å². The molecule has 0 aromatic heterocycles. The third kappa shape index (κ3) is 5.76. The summed E-state index contributed by atoms with van der Waals surface area (Å²) in [6, 6.07) is 14.5. The van der Waals surface area contributed by atoms with E-state index in [9.17, 15) is 13.2 Å². The normalized spacial score (nSPS) is 18.7. The topological polar surface area (TPSA) is 66.5 Å². The Morgan fingerprint density at radius 1 is 1.20 bits per heavy atom. The van der Waals surface area contributed by atoms with E-state index in [0.29, 0.717) is 35.0 Å². The van der Waals surface area contributed by atoms with Gasteiger partial charge in [0.15, 0.2) is 0 Å². The molecular formula is C22H26Cl2N2O3S. The Bertz CT molecular complexity index is 983. The lowest BCUT2D eigenvalue weighted by Crippen LogP contribution is -2.46. The van der Waals surface area contributed by atoms with Crippen molar-refractivity contribution in [3.8, 4) is 0 Å². The molecule has 2 atom stereocenters. The Kier molecular flexibility index (Phi) is 7.80. The van der Waals surface area contributed by atoms with Gasteiger partial charge in [0.1, 0.15) is 0 Å². The lowest BCUT2D eigenvalue weighted by Gasteiger charge is -2.32. The molecule has 5 nitrogen and oxygen atoms in total. The van der Waals surface area contributed by atoms with E-state index in [-0.39, 0.29) is 30.2 Å². The molecule has 162 valence electrons. The first-order valence-electron chi connectivity index (χ1n) is 10.1. The van der Waals surface area contributed by atoms with Crippen LogP contribution in [0.4, 0.5) is 0 Å². The van der Waals surface area contributed by atoms with Crippen LogP contribution in [0.2, 0.25) is 10.0 Å². The highest BCUT2D eigenvalue weighted by Gasteiger charge is 2.33. The van der Waals surface area contributed by atoms with Gasteiger partial charge in [-0.3, -0.25) is 4.79 Å². The molecule has 2 aromatic carbocycles. The number of rotatable bonds is 7. The third-order valence-corrected chi connectivity index (χ3v) is 7.81. The van der Waals surface area contributed by atoms with E-state index >= 15 is 0 Å². The SMILES string of the molecule is CCC(NC(=O)C1CCCN(S(=O)(=O)Cc2ccc(Cl)cc2Cl)C1)c1ccccc1. The molecule has 2 unspecified atom stereocenters. The quantitative estimate of drug-likeness (QED) is 0.634. The Labute approximate surface area is 188 Å². The largest absolute Gasteiger partial charge is 0.349 e. The molecular weight excluding hydrogens is 443 g/mol. The third-order valence-electron chi connectivity index (χ3n) is 5.43. The summed E-state index contributed by atoms with van der Waals surface area (Å²) in [4.78, 5) is 12.9. The van der Waals surface area contributed by atoms with Crippen LogP contribution in [0.15, 0.2) is 48.5 Å². The number of amides is 1. The zero-order valence-electron chi connectivity index (χ0n) is 16.9. The van der Waals surface area contributed by atoms with Crippen molar-refractivity contribution in [2.24, 2.45) is 5.92 Å². The van der Waals surface area contributed by atoms with Gasteiger partial charge < -0.3 is 5.32 Å². The summed E-state index contributed by atoms with van der Waals surface area (Å²) in [5.41, 5.74) is 1.55. The van der Waals surface area contributed by atoms with Gasteiger partial charge in [0.25, 0.3) is 0 Å². The van der Waals surface area contributed by atoms with Crippen molar-refractivity contribution in [1.82, 2.24) is 9.62 Å². The molecule has 3 rings (SSSR count). The van der Waals surface area contributed by atoms with Gasteiger partial charge in [-0.2, -0.15) is 0 Å². The molecule has 1 heterocycles. The number of halogens is 2. The maximum atomic E-state index is 13.0. The number of nitrogens with one attached hydrogen (secondary N) is 1. The summed E-state index contributed by atoms with van der Waals surface area (Å²) >= 11 is 12.1. The van der Waals surface area contributed by atoms with Crippen molar-refractivity contribution in [3.05, 3.63) is 69.7 Å². The van der Waals surface area contributed by atoms with Crippen LogP contribution >= 0.6 is 23.2 Å². The van der Waals surface area contributed by atoms with E-state index in [4.69, 9.17) is 23.2 Å². The van der Waals surface area contributed by atoms with E-state index in [1.165, 1.54) is 10.4 Å². The van der Waals surface area contributed by atoms with Gasteiger partial charge in [-0.05, 0) is 42.5 Å². The fraction of sp³-hybridized carbons (Fsp3) is 0.409. The molecule has 1 aliphatic rings. The molecule has 0 radical (unpaired) electrons. The summed E-state index contributed by atoms with van der Waals surface area (Å²) in [6.45, 7) is 2.61. The molecule has 30 heavy (non-hydrogen) atoms. The predicted octanol–water partition coefficient (Wildman–Crippen LogP) is 4.80. The van der Waals surface area contributed by atoms with E-state index in [1.807, 2.05) is 37.3 Å². The summed E-state index contributed by atoms with van der Waals surface area (Å²) < 4.78 is 27.3. The van der Waals surface area contributed by atoms with Crippen molar-refractivity contribution >= 4 is 39.1 Å². The zero-order chi connectivity index (χ0) is 21.7. The highest BCUT2D eigenvalue weighted by atomic mass is 35.5. The van der Waals surface area contributed by atoms with Gasteiger partial charge >= 0.3 is 0 Å². The maximum absolute atomic E-state index is 13.0. The second-order valence-electron chi connectivity index (χ2n) is 7.57. The Morgan fingerprint density at radius 2 is 1.93 bits per heavy atom. The van der Waals surface area contributed by atoms with E-state index in [1.54, 1.807) is 12.1 Å². The smallest absolute Gasteiger partial charge is 0.224 e. The summed E-state index contributed by atoms with van der Waals surface area (Å²) in [7, 11) is -3.60. The second kappa shape index (κ2) is 10.1. The van der Waals surface area contributed by atoms with Gasteiger partial charge in [0.05, 0.1) is 17.7 Å². The van der Waals surface area contributed by atoms with Crippen molar-refractivity contribution in [2.45, 2.75) is 38.0 Å². The van der Waals surface area contributed by atoms with Gasteiger partial charge in [0, 0.05) is 23.1 Å². The van der Waals surface area contributed by atoms with Crippen LogP contribution in [0.1, 0.15) is 43.4 Å². The molecule has 0 saturated carbocycles. The number of sulfonamides is 1. The van der Waals surface area contributed by atoms with Crippen LogP contribution in [0.25, 0.3) is 0 Å².